The van der Waals surface area contributed by atoms with E-state index < -0.39 is 0 Å². The normalized spacial score (nSPS) is 17.5. The van der Waals surface area contributed by atoms with Crippen LogP contribution in [-0.2, 0) is 4.79 Å². The maximum atomic E-state index is 12.7. The quantitative estimate of drug-likeness (QED) is 0.729. The van der Waals surface area contributed by atoms with Gasteiger partial charge in [-0.15, -0.1) is 0 Å². The van der Waals surface area contributed by atoms with Gasteiger partial charge in [-0.1, -0.05) is 17.7 Å². The van der Waals surface area contributed by atoms with Crippen LogP contribution in [0.15, 0.2) is 46.3 Å². The molecule has 0 atom stereocenters. The Kier molecular flexibility index (Phi) is 5.39. The molecule has 1 saturated heterocycles. The first-order valence-corrected chi connectivity index (χ1v) is 9.44. The van der Waals surface area contributed by atoms with E-state index in [-0.39, 0.29) is 11.7 Å². The molecule has 0 aliphatic carbocycles. The lowest BCUT2D eigenvalue weighted by atomic mass is 10.1. The second-order valence-corrected chi connectivity index (χ2v) is 7.47. The number of halogens is 1. The number of aryl methyl sites for hydroxylation is 2. The van der Waals surface area contributed by atoms with E-state index in [1.807, 2.05) is 32.0 Å². The lowest BCUT2D eigenvalue weighted by Crippen LogP contribution is -2.28. The molecule has 1 aliphatic rings. The number of hydrogen-bond donors (Lipinski definition) is 1. The average Bonchev–Trinajstić information content (AvgIpc) is 2.89. The summed E-state index contributed by atoms with van der Waals surface area (Å²) in [5.41, 5.74) is 3.68. The van der Waals surface area contributed by atoms with Crippen LogP contribution in [-0.4, -0.2) is 27.6 Å². The van der Waals surface area contributed by atoms with Crippen molar-refractivity contribution in [3.8, 4) is 5.75 Å². The van der Waals surface area contributed by atoms with Gasteiger partial charge in [0.05, 0.1) is 10.6 Å². The van der Waals surface area contributed by atoms with Crippen molar-refractivity contribution in [1.29, 1.82) is 0 Å². The summed E-state index contributed by atoms with van der Waals surface area (Å²) < 4.78 is 0. The van der Waals surface area contributed by atoms with Crippen LogP contribution < -0.4 is 0 Å². The number of thioether (sulfide) groups is 1. The summed E-state index contributed by atoms with van der Waals surface area (Å²) >= 11 is 7.29. The average molecular weight is 387 g/mol. The van der Waals surface area contributed by atoms with Crippen molar-refractivity contribution in [1.82, 2.24) is 4.90 Å². The lowest BCUT2D eigenvalue weighted by Gasteiger charge is -2.12. The highest BCUT2D eigenvalue weighted by Gasteiger charge is 2.32. The van der Waals surface area contributed by atoms with Crippen LogP contribution in [0.25, 0.3) is 6.08 Å². The Hall–Kier alpha value is -2.24. The summed E-state index contributed by atoms with van der Waals surface area (Å²) in [6, 6.07) is 10.7. The third-order valence-electron chi connectivity index (χ3n) is 4.20. The van der Waals surface area contributed by atoms with Crippen molar-refractivity contribution in [3.05, 3.63) is 63.0 Å². The first-order chi connectivity index (χ1) is 12.4. The highest BCUT2D eigenvalue weighted by molar-refractivity contribution is 8.18. The van der Waals surface area contributed by atoms with Crippen LogP contribution in [0.5, 0.6) is 5.75 Å². The van der Waals surface area contributed by atoms with Gasteiger partial charge in [0.2, 0.25) is 0 Å². The number of amides is 1. The van der Waals surface area contributed by atoms with Crippen LogP contribution in [0.3, 0.4) is 0 Å². The maximum absolute atomic E-state index is 12.7. The smallest absolute Gasteiger partial charge is 0.266 e. The van der Waals surface area contributed by atoms with E-state index in [1.165, 1.54) is 23.4 Å². The fraction of sp³-hybridized carbons (Fsp3) is 0.200. The molecule has 0 aromatic heterocycles. The number of rotatable bonds is 3. The molecule has 1 aliphatic heterocycles. The number of amidine groups is 1. The van der Waals surface area contributed by atoms with Gasteiger partial charge >= 0.3 is 0 Å². The molecule has 1 N–H and O–H groups in total. The number of carbonyl (C=O) groups is 1. The first kappa shape index (κ1) is 18.5. The van der Waals surface area contributed by atoms with E-state index in [0.29, 0.717) is 27.2 Å². The molecule has 1 fully saturated rings. The van der Waals surface area contributed by atoms with E-state index in [1.54, 1.807) is 23.1 Å². The molecule has 0 unspecified atom stereocenters. The van der Waals surface area contributed by atoms with Gasteiger partial charge < -0.3 is 5.11 Å². The molecular weight excluding hydrogens is 368 g/mol. The third kappa shape index (κ3) is 3.79. The SMILES string of the molecule is CCN1C(=O)/C(=C\c2cc(Cl)ccc2O)SC1=Nc1ccc(C)c(C)c1. The van der Waals surface area contributed by atoms with E-state index >= 15 is 0 Å². The fourth-order valence-electron chi connectivity index (χ4n) is 2.56. The van der Waals surface area contributed by atoms with Gasteiger partial charge in [-0.05, 0) is 80.1 Å². The Morgan fingerprint density at radius 2 is 1.96 bits per heavy atom. The van der Waals surface area contributed by atoms with Crippen molar-refractivity contribution in [2.24, 2.45) is 4.99 Å². The molecule has 6 heteroatoms. The van der Waals surface area contributed by atoms with Gasteiger partial charge in [-0.25, -0.2) is 4.99 Å². The Morgan fingerprint density at radius 1 is 1.19 bits per heavy atom. The van der Waals surface area contributed by atoms with Gasteiger partial charge in [0.15, 0.2) is 5.17 Å². The molecule has 0 saturated carbocycles. The summed E-state index contributed by atoms with van der Waals surface area (Å²) in [5.74, 6) is -0.0441. The zero-order valence-corrected chi connectivity index (χ0v) is 16.4. The third-order valence-corrected chi connectivity index (χ3v) is 5.44. The Balaban J connectivity index is 1.97. The molecule has 2 aromatic rings. The molecule has 0 spiro atoms. The van der Waals surface area contributed by atoms with Crippen LogP contribution >= 0.6 is 23.4 Å². The molecule has 0 radical (unpaired) electrons. The molecule has 3 rings (SSSR count). The second kappa shape index (κ2) is 7.56. The predicted octanol–water partition coefficient (Wildman–Crippen LogP) is 5.29. The monoisotopic (exact) mass is 386 g/mol. The molecule has 1 heterocycles. The number of aliphatic imine (C=N–C) groups is 1. The maximum Gasteiger partial charge on any atom is 0.266 e. The zero-order chi connectivity index (χ0) is 18.8. The topological polar surface area (TPSA) is 52.9 Å². The predicted molar refractivity (Wildman–Crippen MR) is 109 cm³/mol. The minimum Gasteiger partial charge on any atom is -0.507 e. The van der Waals surface area contributed by atoms with Crippen LogP contribution in [0.1, 0.15) is 23.6 Å². The van der Waals surface area contributed by atoms with Crippen molar-refractivity contribution in [3.63, 3.8) is 0 Å². The number of phenols is 1. The van der Waals surface area contributed by atoms with E-state index in [9.17, 15) is 9.90 Å². The van der Waals surface area contributed by atoms with Gasteiger partial charge in [0.25, 0.3) is 5.91 Å². The number of phenolic OH excluding ortho intramolecular Hbond substituents is 1. The lowest BCUT2D eigenvalue weighted by molar-refractivity contribution is -0.122. The molecule has 2 aromatic carbocycles. The number of carbonyl (C=O) groups excluding carboxylic acids is 1. The summed E-state index contributed by atoms with van der Waals surface area (Å²) in [4.78, 5) is 19.5. The molecule has 134 valence electrons. The first-order valence-electron chi connectivity index (χ1n) is 8.25. The van der Waals surface area contributed by atoms with Gasteiger partial charge in [-0.3, -0.25) is 9.69 Å². The number of aromatic hydroxyl groups is 1. The number of nitrogens with zero attached hydrogens (tertiary/aromatic N) is 2. The summed E-state index contributed by atoms with van der Waals surface area (Å²) in [7, 11) is 0. The highest BCUT2D eigenvalue weighted by atomic mass is 35.5. The largest absolute Gasteiger partial charge is 0.507 e. The Bertz CT molecular complexity index is 937. The molecule has 4 nitrogen and oxygen atoms in total. The minimum atomic E-state index is -0.126. The number of likely N-dealkylation sites (N-methyl/N-ethyl adjacent to an activating group) is 1. The molecule has 0 bridgehead atoms. The second-order valence-electron chi connectivity index (χ2n) is 6.03. The summed E-state index contributed by atoms with van der Waals surface area (Å²) in [6.07, 6.45) is 1.65. The summed E-state index contributed by atoms with van der Waals surface area (Å²) in [6.45, 7) is 6.52. The minimum absolute atomic E-state index is 0.0814. The van der Waals surface area contributed by atoms with Crippen LogP contribution in [0.2, 0.25) is 5.02 Å². The standard InChI is InChI=1S/C20H19ClN2O2S/c1-4-23-19(25)18(11-14-10-15(21)6-8-17(14)24)26-20(23)22-16-7-5-12(2)13(3)9-16/h5-11,24H,4H2,1-3H3/b18-11+,22-20?. The molecular formula is C20H19ClN2O2S. The summed E-state index contributed by atoms with van der Waals surface area (Å²) in [5, 5.41) is 11.1. The fourth-order valence-corrected chi connectivity index (χ4v) is 3.79. The highest BCUT2D eigenvalue weighted by Crippen LogP contribution is 2.36. The van der Waals surface area contributed by atoms with E-state index in [4.69, 9.17) is 11.6 Å². The van der Waals surface area contributed by atoms with E-state index in [0.717, 1.165) is 11.3 Å². The van der Waals surface area contributed by atoms with Crippen molar-refractivity contribution in [2.45, 2.75) is 20.8 Å². The van der Waals surface area contributed by atoms with Gasteiger partial charge in [0.1, 0.15) is 5.75 Å². The Labute approximate surface area is 162 Å². The number of benzene rings is 2. The number of hydrogen-bond acceptors (Lipinski definition) is 4. The van der Waals surface area contributed by atoms with Crippen molar-refractivity contribution < 1.29 is 9.90 Å². The molecule has 26 heavy (non-hydrogen) atoms. The van der Waals surface area contributed by atoms with Crippen LogP contribution in [0, 0.1) is 13.8 Å². The van der Waals surface area contributed by atoms with Crippen molar-refractivity contribution in [2.75, 3.05) is 6.54 Å². The zero-order valence-electron chi connectivity index (χ0n) is 14.8. The van der Waals surface area contributed by atoms with Crippen molar-refractivity contribution >= 4 is 46.2 Å². The molecule has 1 amide bonds. The Morgan fingerprint density at radius 3 is 2.65 bits per heavy atom. The van der Waals surface area contributed by atoms with Crippen LogP contribution in [0.4, 0.5) is 5.69 Å². The van der Waals surface area contributed by atoms with E-state index in [2.05, 4.69) is 11.9 Å². The van der Waals surface area contributed by atoms with Gasteiger partial charge in [-0.2, -0.15) is 0 Å². The van der Waals surface area contributed by atoms with Gasteiger partial charge in [0, 0.05) is 17.1 Å².